The summed E-state index contributed by atoms with van der Waals surface area (Å²) in [4.78, 5) is 16.5. The van der Waals surface area contributed by atoms with Crippen molar-refractivity contribution < 1.29 is 4.79 Å². The van der Waals surface area contributed by atoms with Crippen LogP contribution in [-0.2, 0) is 11.2 Å². The van der Waals surface area contributed by atoms with Gasteiger partial charge in [-0.2, -0.15) is 5.10 Å². The van der Waals surface area contributed by atoms with Crippen LogP contribution in [0.5, 0.6) is 0 Å². The van der Waals surface area contributed by atoms with E-state index in [1.54, 1.807) is 12.3 Å². The molecule has 0 radical (unpaired) electrons. The first kappa shape index (κ1) is 22.7. The molecule has 2 heterocycles. The van der Waals surface area contributed by atoms with E-state index in [-0.39, 0.29) is 5.78 Å². The summed E-state index contributed by atoms with van der Waals surface area (Å²) < 4.78 is 0. The average Bonchev–Trinajstić information content (AvgIpc) is 3.58. The number of aromatic amines is 1. The molecule has 0 spiro atoms. The first-order valence-electron chi connectivity index (χ1n) is 11.6. The van der Waals surface area contributed by atoms with Crippen molar-refractivity contribution in [1.29, 1.82) is 0 Å². The first-order valence-corrected chi connectivity index (χ1v) is 12.5. The maximum Gasteiger partial charge on any atom is 0.162 e. The van der Waals surface area contributed by atoms with Crippen molar-refractivity contribution in [3.05, 3.63) is 124 Å². The van der Waals surface area contributed by atoms with Gasteiger partial charge in [-0.1, -0.05) is 73.7 Å². The zero-order valence-corrected chi connectivity index (χ0v) is 20.3. The van der Waals surface area contributed by atoms with Crippen molar-refractivity contribution in [2.45, 2.75) is 19.8 Å². The van der Waals surface area contributed by atoms with Gasteiger partial charge in [0.2, 0.25) is 0 Å². The summed E-state index contributed by atoms with van der Waals surface area (Å²) in [7, 11) is 0. The average molecular weight is 476 g/mol. The molecule has 5 aromatic rings. The van der Waals surface area contributed by atoms with E-state index in [9.17, 15) is 4.79 Å². The molecule has 172 valence electrons. The van der Waals surface area contributed by atoms with Crippen LogP contribution in [0, 0.1) is 0 Å². The minimum atomic E-state index is 0.0513. The molecule has 1 N–H and O–H groups in total. The van der Waals surface area contributed by atoms with Gasteiger partial charge in [0.25, 0.3) is 0 Å². The summed E-state index contributed by atoms with van der Waals surface area (Å²) in [6, 6.07) is 25.4. The second kappa shape index (κ2) is 10.5. The molecule has 0 aliphatic carbocycles. The Hall–Kier alpha value is -4.09. The van der Waals surface area contributed by atoms with E-state index >= 15 is 0 Å². The molecular weight excluding hydrogens is 450 g/mol. The minimum absolute atomic E-state index is 0.0513. The largest absolute Gasteiger partial charge is 0.294 e. The maximum absolute atomic E-state index is 12.3. The van der Waals surface area contributed by atoms with Crippen LogP contribution in [0.3, 0.4) is 0 Å². The van der Waals surface area contributed by atoms with E-state index in [1.807, 2.05) is 23.7 Å². The van der Waals surface area contributed by atoms with Crippen molar-refractivity contribution in [3.8, 4) is 0 Å². The Morgan fingerprint density at radius 3 is 2.51 bits per heavy atom. The Balaban J connectivity index is 1.51. The molecule has 0 unspecified atom stereocenters. The first-order chi connectivity index (χ1) is 17.2. The molecule has 0 aliphatic heterocycles. The Labute approximate surface area is 208 Å². The van der Waals surface area contributed by atoms with Crippen LogP contribution in [0.25, 0.3) is 28.1 Å². The van der Waals surface area contributed by atoms with Crippen molar-refractivity contribution in [1.82, 2.24) is 15.2 Å². The highest BCUT2D eigenvalue weighted by Gasteiger charge is 2.14. The number of carbonyl (C=O) groups excluding carboxylic acids is 1. The Morgan fingerprint density at radius 1 is 0.971 bits per heavy atom. The molecule has 0 saturated heterocycles. The van der Waals surface area contributed by atoms with Crippen molar-refractivity contribution in [2.24, 2.45) is 0 Å². The predicted octanol–water partition coefficient (Wildman–Crippen LogP) is 7.21. The predicted molar refractivity (Wildman–Crippen MR) is 145 cm³/mol. The standard InChI is InChI=1S/C30H25N3OS/c1-2-27(22-6-4-3-5-7-22)30(24-13-15-28-25(18-24)20-32-33-28)23-11-8-21(9-12-23)10-14-26(34)19-29-31-16-17-35-29/h3-18,20H,2,19H2,1H3,(H,32,33)/b14-10+,30-27+. The topological polar surface area (TPSA) is 58.6 Å². The molecule has 0 atom stereocenters. The molecule has 0 bridgehead atoms. The van der Waals surface area contributed by atoms with Gasteiger partial charge in [-0.3, -0.25) is 9.89 Å². The number of carbonyl (C=O) groups is 1. The van der Waals surface area contributed by atoms with E-state index in [0.717, 1.165) is 39.0 Å². The van der Waals surface area contributed by atoms with Crippen LogP contribution in [0.1, 0.15) is 40.6 Å². The lowest BCUT2D eigenvalue weighted by Crippen LogP contribution is -1.97. The summed E-state index contributed by atoms with van der Waals surface area (Å²) in [6.45, 7) is 2.20. The number of thiazole rings is 1. The molecule has 5 rings (SSSR count). The van der Waals surface area contributed by atoms with Gasteiger partial charge in [0.15, 0.2) is 5.78 Å². The van der Waals surface area contributed by atoms with Crippen LogP contribution >= 0.6 is 11.3 Å². The third-order valence-corrected chi connectivity index (χ3v) is 6.76. The zero-order valence-electron chi connectivity index (χ0n) is 19.4. The second-order valence-electron chi connectivity index (χ2n) is 8.27. The molecule has 4 nitrogen and oxygen atoms in total. The fourth-order valence-electron chi connectivity index (χ4n) is 4.28. The number of H-pyrrole nitrogens is 1. The van der Waals surface area contributed by atoms with E-state index < -0.39 is 0 Å². The number of aromatic nitrogens is 3. The van der Waals surface area contributed by atoms with Gasteiger partial charge in [-0.05, 0) is 58.0 Å². The monoisotopic (exact) mass is 475 g/mol. The molecular formula is C30H25N3OS. The van der Waals surface area contributed by atoms with Gasteiger partial charge < -0.3 is 0 Å². The van der Waals surface area contributed by atoms with Gasteiger partial charge in [-0.25, -0.2) is 4.98 Å². The zero-order chi connectivity index (χ0) is 24.0. The molecule has 0 amide bonds. The van der Waals surface area contributed by atoms with E-state index in [0.29, 0.717) is 6.42 Å². The smallest absolute Gasteiger partial charge is 0.162 e. The van der Waals surface area contributed by atoms with E-state index in [1.165, 1.54) is 28.0 Å². The number of nitrogens with zero attached hydrogens (tertiary/aromatic N) is 2. The van der Waals surface area contributed by atoms with Gasteiger partial charge in [-0.15, -0.1) is 11.3 Å². The van der Waals surface area contributed by atoms with Crippen molar-refractivity contribution >= 4 is 45.2 Å². The maximum atomic E-state index is 12.3. The highest BCUT2D eigenvalue weighted by molar-refractivity contribution is 7.09. The minimum Gasteiger partial charge on any atom is -0.294 e. The number of ketones is 1. The highest BCUT2D eigenvalue weighted by Crippen LogP contribution is 2.35. The number of allylic oxidation sites excluding steroid dienone is 2. The Morgan fingerprint density at radius 2 is 1.77 bits per heavy atom. The number of hydrogen-bond acceptors (Lipinski definition) is 4. The van der Waals surface area contributed by atoms with Gasteiger partial charge in [0.1, 0.15) is 5.01 Å². The molecule has 5 heteroatoms. The van der Waals surface area contributed by atoms with Crippen LogP contribution in [0.4, 0.5) is 0 Å². The third-order valence-electron chi connectivity index (χ3n) is 5.98. The fraction of sp³-hybridized carbons (Fsp3) is 0.100. The van der Waals surface area contributed by atoms with Crippen LogP contribution < -0.4 is 0 Å². The number of hydrogen-bond donors (Lipinski definition) is 1. The highest BCUT2D eigenvalue weighted by atomic mass is 32.1. The summed E-state index contributed by atoms with van der Waals surface area (Å²) in [5.41, 5.74) is 8.01. The van der Waals surface area contributed by atoms with Crippen molar-refractivity contribution in [2.75, 3.05) is 0 Å². The second-order valence-corrected chi connectivity index (χ2v) is 9.25. The Bertz CT molecular complexity index is 1490. The lowest BCUT2D eigenvalue weighted by atomic mass is 9.87. The molecule has 35 heavy (non-hydrogen) atoms. The van der Waals surface area contributed by atoms with E-state index in [2.05, 4.69) is 88.8 Å². The fourth-order valence-corrected chi connectivity index (χ4v) is 4.90. The summed E-state index contributed by atoms with van der Waals surface area (Å²) in [5, 5.41) is 11.0. The molecule has 0 fully saturated rings. The summed E-state index contributed by atoms with van der Waals surface area (Å²) in [5.74, 6) is 0.0513. The number of fused-ring (bicyclic) bond motifs is 1. The lowest BCUT2D eigenvalue weighted by Gasteiger charge is -2.17. The van der Waals surface area contributed by atoms with Gasteiger partial charge in [0.05, 0.1) is 18.1 Å². The quantitative estimate of drug-likeness (QED) is 0.190. The number of nitrogens with one attached hydrogen (secondary N) is 1. The summed E-state index contributed by atoms with van der Waals surface area (Å²) in [6.07, 6.45) is 8.34. The SMILES string of the molecule is CC/C(=C(/c1ccc(/C=C/C(=O)Cc2nccs2)cc1)c1ccc2[nH]ncc2c1)c1ccccc1. The van der Waals surface area contributed by atoms with Gasteiger partial charge >= 0.3 is 0 Å². The lowest BCUT2D eigenvalue weighted by molar-refractivity contribution is -0.113. The molecule has 0 aliphatic rings. The molecule has 0 saturated carbocycles. The van der Waals surface area contributed by atoms with E-state index in [4.69, 9.17) is 0 Å². The summed E-state index contributed by atoms with van der Waals surface area (Å²) >= 11 is 1.50. The normalized spacial score (nSPS) is 12.3. The third kappa shape index (κ3) is 5.20. The van der Waals surface area contributed by atoms with Crippen LogP contribution in [0.2, 0.25) is 0 Å². The number of benzene rings is 3. The number of rotatable bonds is 8. The van der Waals surface area contributed by atoms with Crippen LogP contribution in [-0.4, -0.2) is 21.0 Å². The Kier molecular flexibility index (Phi) is 6.77. The molecule has 3 aromatic carbocycles. The van der Waals surface area contributed by atoms with Crippen molar-refractivity contribution in [3.63, 3.8) is 0 Å². The molecule has 2 aromatic heterocycles. The van der Waals surface area contributed by atoms with Gasteiger partial charge in [0, 0.05) is 17.0 Å². The van der Waals surface area contributed by atoms with Crippen LogP contribution in [0.15, 0.2) is 96.6 Å².